The largest absolute Gasteiger partial charge is 0.534 e. The summed E-state index contributed by atoms with van der Waals surface area (Å²) in [6.45, 7) is -0.117. The van der Waals surface area contributed by atoms with E-state index < -0.39 is 27.6 Å². The predicted octanol–water partition coefficient (Wildman–Crippen LogP) is 1.47. The van der Waals surface area contributed by atoms with Crippen molar-refractivity contribution >= 4 is 16.2 Å². The van der Waals surface area contributed by atoms with Crippen molar-refractivity contribution in [1.82, 2.24) is 4.90 Å². The van der Waals surface area contributed by atoms with Crippen LogP contribution in [0.4, 0.5) is 18.0 Å². The Bertz CT molecular complexity index is 441. The van der Waals surface area contributed by atoms with Crippen LogP contribution in [0, 0.1) is 0 Å². The maximum atomic E-state index is 12.0. The molecule has 1 rings (SSSR count). The first kappa shape index (κ1) is 13.6. The molecule has 1 amide bonds. The van der Waals surface area contributed by atoms with Gasteiger partial charge >= 0.3 is 21.7 Å². The van der Waals surface area contributed by atoms with Crippen molar-refractivity contribution in [1.29, 1.82) is 0 Å². The number of carbonyl (C=O) groups is 1. The molecule has 1 aliphatic heterocycles. The number of rotatable bonds is 2. The number of halogens is 3. The van der Waals surface area contributed by atoms with Crippen LogP contribution in [0.3, 0.4) is 0 Å². The highest BCUT2D eigenvalue weighted by Crippen LogP contribution is 2.28. The molecule has 6 nitrogen and oxygen atoms in total. The lowest BCUT2D eigenvalue weighted by Crippen LogP contribution is -2.36. The van der Waals surface area contributed by atoms with E-state index in [1.54, 1.807) is 0 Å². The van der Waals surface area contributed by atoms with Crippen molar-refractivity contribution in [2.24, 2.45) is 0 Å². The minimum absolute atomic E-state index is 0.117. The molecule has 0 spiro atoms. The first-order valence-electron chi connectivity index (χ1n) is 4.36. The van der Waals surface area contributed by atoms with Crippen molar-refractivity contribution in [2.75, 3.05) is 6.54 Å². The van der Waals surface area contributed by atoms with E-state index >= 15 is 0 Å². The lowest BCUT2D eigenvalue weighted by molar-refractivity contribution is -0.0537. The third-order valence-corrected chi connectivity index (χ3v) is 2.84. The molecule has 1 N–H and O–H groups in total. The minimum Gasteiger partial charge on any atom is -0.465 e. The summed E-state index contributed by atoms with van der Waals surface area (Å²) in [7, 11) is -5.84. The van der Waals surface area contributed by atoms with Gasteiger partial charge in [0, 0.05) is 6.54 Å². The lowest BCUT2D eigenvalue weighted by atomic mass is 10.2. The zero-order chi connectivity index (χ0) is 13.3. The van der Waals surface area contributed by atoms with Crippen molar-refractivity contribution in [3.8, 4) is 0 Å². The number of amides is 1. The van der Waals surface area contributed by atoms with Gasteiger partial charge in [-0.25, -0.2) is 9.69 Å². The summed E-state index contributed by atoms with van der Waals surface area (Å²) in [6, 6.07) is 0. The molecule has 0 saturated heterocycles. The van der Waals surface area contributed by atoms with Crippen LogP contribution in [-0.4, -0.2) is 36.6 Å². The predicted molar refractivity (Wildman–Crippen MR) is 48.1 cm³/mol. The maximum absolute atomic E-state index is 12.0. The summed E-state index contributed by atoms with van der Waals surface area (Å²) in [5.41, 5.74) is -5.59. The van der Waals surface area contributed by atoms with Gasteiger partial charge in [-0.05, 0) is 18.9 Å². The van der Waals surface area contributed by atoms with Crippen LogP contribution in [0.15, 0.2) is 12.0 Å². The second-order valence-corrected chi connectivity index (χ2v) is 4.64. The summed E-state index contributed by atoms with van der Waals surface area (Å²) >= 11 is 0. The molecule has 0 fully saturated rings. The van der Waals surface area contributed by atoms with E-state index in [2.05, 4.69) is 4.18 Å². The fraction of sp³-hybridized carbons (Fsp3) is 0.571. The third-order valence-electron chi connectivity index (χ3n) is 1.88. The molecule has 17 heavy (non-hydrogen) atoms. The molecule has 0 atom stereocenters. The van der Waals surface area contributed by atoms with Crippen LogP contribution in [0.1, 0.15) is 12.8 Å². The SMILES string of the molecule is O=C(O)N1CCCC=C1OS(=O)(=O)C(F)(F)F. The molecule has 0 unspecified atom stereocenters. The van der Waals surface area contributed by atoms with E-state index in [0.29, 0.717) is 11.3 Å². The van der Waals surface area contributed by atoms with Crippen LogP contribution < -0.4 is 0 Å². The Morgan fingerprint density at radius 2 is 2.06 bits per heavy atom. The van der Waals surface area contributed by atoms with Gasteiger partial charge in [0.05, 0.1) is 0 Å². The van der Waals surface area contributed by atoms with E-state index in [-0.39, 0.29) is 13.0 Å². The van der Waals surface area contributed by atoms with Crippen molar-refractivity contribution < 1.29 is 35.7 Å². The molecule has 0 aromatic carbocycles. The van der Waals surface area contributed by atoms with Gasteiger partial charge < -0.3 is 9.29 Å². The molecular weight excluding hydrogens is 267 g/mol. The number of hydrogen-bond donors (Lipinski definition) is 1. The molecule has 0 bridgehead atoms. The third kappa shape index (κ3) is 3.02. The molecule has 0 aliphatic carbocycles. The van der Waals surface area contributed by atoms with Crippen LogP contribution in [0.25, 0.3) is 0 Å². The Morgan fingerprint density at radius 3 is 2.53 bits per heavy atom. The minimum atomic E-state index is -5.84. The normalized spacial score (nSPS) is 17.6. The molecule has 1 heterocycles. The first-order chi connectivity index (χ1) is 7.65. The number of nitrogens with zero attached hydrogens (tertiary/aromatic N) is 1. The fourth-order valence-electron chi connectivity index (χ4n) is 1.12. The van der Waals surface area contributed by atoms with Crippen LogP contribution in [-0.2, 0) is 14.3 Å². The Hall–Kier alpha value is -1.45. The summed E-state index contributed by atoms with van der Waals surface area (Å²) < 4.78 is 61.2. The van der Waals surface area contributed by atoms with Gasteiger partial charge in [0.15, 0.2) is 0 Å². The van der Waals surface area contributed by atoms with Crippen molar-refractivity contribution in [3.05, 3.63) is 12.0 Å². The topological polar surface area (TPSA) is 83.9 Å². The highest BCUT2D eigenvalue weighted by atomic mass is 32.2. The zero-order valence-corrected chi connectivity index (χ0v) is 9.08. The number of carboxylic acid groups (broad SMARTS) is 1. The second kappa shape index (κ2) is 4.43. The average molecular weight is 275 g/mol. The van der Waals surface area contributed by atoms with E-state index in [0.717, 1.165) is 6.08 Å². The molecule has 0 aromatic rings. The molecule has 0 radical (unpaired) electrons. The summed E-state index contributed by atoms with van der Waals surface area (Å²) in [6.07, 6.45) is 0.0341. The summed E-state index contributed by atoms with van der Waals surface area (Å²) in [4.78, 5) is 11.0. The summed E-state index contributed by atoms with van der Waals surface area (Å²) in [5, 5.41) is 8.64. The standard InChI is InChI=1S/C7H8F3NO5S/c8-7(9,10)17(14,15)16-5-3-1-2-4-11(5)6(12)13/h3H,1-2,4H2,(H,12,13). The van der Waals surface area contributed by atoms with Gasteiger partial charge in [-0.15, -0.1) is 0 Å². The number of alkyl halides is 3. The lowest BCUT2D eigenvalue weighted by Gasteiger charge is -2.25. The van der Waals surface area contributed by atoms with E-state index in [1.165, 1.54) is 0 Å². The fourth-order valence-corrected chi connectivity index (χ4v) is 1.60. The Kier molecular flexibility index (Phi) is 3.55. The Balaban J connectivity index is 2.94. The number of allylic oxidation sites excluding steroid dienone is 1. The van der Waals surface area contributed by atoms with Gasteiger partial charge in [-0.1, -0.05) is 0 Å². The van der Waals surface area contributed by atoms with E-state index in [4.69, 9.17) is 5.11 Å². The smallest absolute Gasteiger partial charge is 0.465 e. The average Bonchev–Trinajstić information content (AvgIpc) is 2.15. The Labute approximate surface area is 94.4 Å². The maximum Gasteiger partial charge on any atom is 0.534 e. The highest BCUT2D eigenvalue weighted by molar-refractivity contribution is 7.87. The van der Waals surface area contributed by atoms with Crippen molar-refractivity contribution in [2.45, 2.75) is 18.3 Å². The number of hydrogen-bond acceptors (Lipinski definition) is 4. The van der Waals surface area contributed by atoms with Crippen molar-refractivity contribution in [3.63, 3.8) is 0 Å². The Morgan fingerprint density at radius 1 is 1.47 bits per heavy atom. The summed E-state index contributed by atoms with van der Waals surface area (Å²) in [5.74, 6) is -0.832. The molecular formula is C7H8F3NO5S. The zero-order valence-electron chi connectivity index (χ0n) is 8.27. The van der Waals surface area contributed by atoms with Gasteiger partial charge in [-0.2, -0.15) is 21.6 Å². The van der Waals surface area contributed by atoms with Gasteiger partial charge in [0.1, 0.15) is 0 Å². The van der Waals surface area contributed by atoms with Gasteiger partial charge in [0.2, 0.25) is 5.88 Å². The first-order valence-corrected chi connectivity index (χ1v) is 5.77. The van der Waals surface area contributed by atoms with E-state index in [9.17, 15) is 26.4 Å². The van der Waals surface area contributed by atoms with Crippen LogP contribution in [0.5, 0.6) is 0 Å². The van der Waals surface area contributed by atoms with Gasteiger partial charge in [0.25, 0.3) is 0 Å². The van der Waals surface area contributed by atoms with E-state index in [1.807, 2.05) is 0 Å². The molecule has 0 aromatic heterocycles. The quantitative estimate of drug-likeness (QED) is 0.609. The van der Waals surface area contributed by atoms with Crippen LogP contribution >= 0.6 is 0 Å². The molecule has 0 saturated carbocycles. The monoisotopic (exact) mass is 275 g/mol. The molecule has 1 aliphatic rings. The molecule has 10 heteroatoms. The van der Waals surface area contributed by atoms with Gasteiger partial charge in [-0.3, -0.25) is 0 Å². The second-order valence-electron chi connectivity index (χ2n) is 3.10. The van der Waals surface area contributed by atoms with Crippen LogP contribution in [0.2, 0.25) is 0 Å². The highest BCUT2D eigenvalue weighted by Gasteiger charge is 2.49. The molecule has 98 valence electrons.